The van der Waals surface area contributed by atoms with E-state index in [9.17, 15) is 19.5 Å². The molecular weight excluding hydrogens is 278 g/mol. The van der Waals surface area contributed by atoms with Crippen LogP contribution in [0.1, 0.15) is 40.0 Å². The van der Waals surface area contributed by atoms with Crippen LogP contribution in [0.2, 0.25) is 0 Å². The van der Waals surface area contributed by atoms with Gasteiger partial charge in [0.05, 0.1) is 19.6 Å². The molecule has 1 amide bonds. The maximum Gasteiger partial charge on any atom is 0.328 e. The van der Waals surface area contributed by atoms with Gasteiger partial charge in [-0.05, 0) is 20.8 Å². The minimum absolute atomic E-state index is 0.0589. The second-order valence-electron chi connectivity index (χ2n) is 6.06. The van der Waals surface area contributed by atoms with Gasteiger partial charge in [0.1, 0.15) is 11.6 Å². The van der Waals surface area contributed by atoms with Gasteiger partial charge in [-0.1, -0.05) is 0 Å². The zero-order chi connectivity index (χ0) is 16.2. The van der Waals surface area contributed by atoms with Crippen LogP contribution < -0.4 is 0 Å². The number of hydrogen-bond acceptors (Lipinski definition) is 6. The first-order valence-corrected chi connectivity index (χ1v) is 6.91. The van der Waals surface area contributed by atoms with Gasteiger partial charge in [-0.15, -0.1) is 0 Å². The molecule has 1 aliphatic rings. The molecule has 0 aliphatic carbocycles. The summed E-state index contributed by atoms with van der Waals surface area (Å²) in [6.07, 6.45) is -0.712. The summed E-state index contributed by atoms with van der Waals surface area (Å²) in [6, 6.07) is -0.781. The van der Waals surface area contributed by atoms with Crippen molar-refractivity contribution < 1.29 is 29.0 Å². The van der Waals surface area contributed by atoms with Crippen LogP contribution in [0.4, 0.5) is 0 Å². The summed E-state index contributed by atoms with van der Waals surface area (Å²) in [5, 5.41) is 9.60. The highest BCUT2D eigenvalue weighted by molar-refractivity contribution is 5.87. The molecule has 0 aromatic rings. The molecule has 0 radical (unpaired) electrons. The van der Waals surface area contributed by atoms with Crippen molar-refractivity contribution in [3.8, 4) is 0 Å². The molecule has 1 N–H and O–H groups in total. The van der Waals surface area contributed by atoms with Crippen molar-refractivity contribution >= 4 is 17.8 Å². The summed E-state index contributed by atoms with van der Waals surface area (Å²) in [6.45, 7) is 5.32. The van der Waals surface area contributed by atoms with Crippen LogP contribution >= 0.6 is 0 Å². The van der Waals surface area contributed by atoms with Crippen molar-refractivity contribution in [2.75, 3.05) is 13.7 Å². The number of hydrogen-bond donors (Lipinski definition) is 1. The van der Waals surface area contributed by atoms with E-state index in [1.807, 2.05) is 0 Å². The SMILES string of the molecule is COC(=O)[C@@H]1C[C@H](O)CN1C(=O)CCC(=O)OC(C)(C)C. The van der Waals surface area contributed by atoms with Crippen molar-refractivity contribution in [3.63, 3.8) is 0 Å². The lowest BCUT2D eigenvalue weighted by Gasteiger charge is -2.23. The van der Waals surface area contributed by atoms with Gasteiger partial charge in [-0.25, -0.2) is 4.79 Å². The molecule has 0 unspecified atom stereocenters. The third-order valence-electron chi connectivity index (χ3n) is 3.04. The summed E-state index contributed by atoms with van der Waals surface area (Å²) < 4.78 is 9.74. The van der Waals surface area contributed by atoms with Gasteiger partial charge in [0.25, 0.3) is 0 Å². The Kier molecular flexibility index (Phi) is 5.71. The lowest BCUT2D eigenvalue weighted by Crippen LogP contribution is -2.41. The summed E-state index contributed by atoms with van der Waals surface area (Å²) in [7, 11) is 1.23. The Bertz CT molecular complexity index is 414. The molecule has 1 rings (SSSR count). The first-order valence-electron chi connectivity index (χ1n) is 6.91. The van der Waals surface area contributed by atoms with Crippen LogP contribution in [0, 0.1) is 0 Å². The largest absolute Gasteiger partial charge is 0.467 e. The Balaban J connectivity index is 2.54. The normalized spacial score (nSPS) is 22.0. The number of nitrogens with zero attached hydrogens (tertiary/aromatic N) is 1. The Morgan fingerprint density at radius 3 is 2.38 bits per heavy atom. The van der Waals surface area contributed by atoms with E-state index in [1.165, 1.54) is 12.0 Å². The van der Waals surface area contributed by atoms with Gasteiger partial charge in [0, 0.05) is 19.4 Å². The van der Waals surface area contributed by atoms with E-state index in [2.05, 4.69) is 4.74 Å². The molecule has 1 fully saturated rings. The van der Waals surface area contributed by atoms with Crippen molar-refractivity contribution in [1.82, 2.24) is 4.90 Å². The standard InChI is InChI=1S/C14H23NO6/c1-14(2,3)21-12(18)6-5-11(17)15-8-9(16)7-10(15)13(19)20-4/h9-10,16H,5-8H2,1-4H3/t9-,10-/m0/s1. The predicted octanol–water partition coefficient (Wildman–Crippen LogP) is 0.243. The number of β-amino-alcohol motifs (C(OH)–C–C–N with tert-alkyl or cyclic N) is 1. The van der Waals surface area contributed by atoms with E-state index in [1.54, 1.807) is 20.8 Å². The van der Waals surface area contributed by atoms with Gasteiger partial charge in [-0.3, -0.25) is 9.59 Å². The Morgan fingerprint density at radius 1 is 1.24 bits per heavy atom. The van der Waals surface area contributed by atoms with Crippen LogP contribution in [0.3, 0.4) is 0 Å². The molecule has 0 saturated carbocycles. The van der Waals surface area contributed by atoms with Crippen LogP contribution in [-0.4, -0.2) is 59.3 Å². The fraction of sp³-hybridized carbons (Fsp3) is 0.786. The number of esters is 2. The average molecular weight is 301 g/mol. The third-order valence-corrected chi connectivity index (χ3v) is 3.04. The minimum atomic E-state index is -0.781. The lowest BCUT2D eigenvalue weighted by molar-refractivity contribution is -0.157. The lowest BCUT2D eigenvalue weighted by atomic mass is 10.2. The zero-order valence-electron chi connectivity index (χ0n) is 12.9. The van der Waals surface area contributed by atoms with Gasteiger partial charge in [-0.2, -0.15) is 0 Å². The molecule has 0 aromatic heterocycles. The third kappa shape index (κ3) is 5.34. The van der Waals surface area contributed by atoms with E-state index < -0.39 is 29.7 Å². The Labute approximate surface area is 124 Å². The number of aliphatic hydroxyl groups is 1. The average Bonchev–Trinajstić information content (AvgIpc) is 2.75. The van der Waals surface area contributed by atoms with E-state index in [0.717, 1.165) is 0 Å². The second-order valence-corrected chi connectivity index (χ2v) is 6.06. The van der Waals surface area contributed by atoms with Crippen molar-refractivity contribution in [2.24, 2.45) is 0 Å². The Hall–Kier alpha value is -1.63. The van der Waals surface area contributed by atoms with Gasteiger partial charge < -0.3 is 19.5 Å². The van der Waals surface area contributed by atoms with Gasteiger partial charge in [0.2, 0.25) is 5.91 Å². The first-order chi connectivity index (χ1) is 9.64. The quantitative estimate of drug-likeness (QED) is 0.748. The molecule has 7 heteroatoms. The first kappa shape index (κ1) is 17.4. The zero-order valence-corrected chi connectivity index (χ0v) is 12.9. The highest BCUT2D eigenvalue weighted by Gasteiger charge is 2.39. The fourth-order valence-corrected chi connectivity index (χ4v) is 2.19. The number of methoxy groups -OCH3 is 1. The molecule has 0 aromatic carbocycles. The molecule has 0 bridgehead atoms. The monoisotopic (exact) mass is 301 g/mol. The number of ether oxygens (including phenoxy) is 2. The second kappa shape index (κ2) is 6.89. The minimum Gasteiger partial charge on any atom is -0.467 e. The highest BCUT2D eigenvalue weighted by Crippen LogP contribution is 2.20. The maximum atomic E-state index is 12.1. The maximum absolute atomic E-state index is 12.1. The summed E-state index contributed by atoms with van der Waals surface area (Å²) in [4.78, 5) is 36.5. The van der Waals surface area contributed by atoms with E-state index in [-0.39, 0.29) is 31.7 Å². The van der Waals surface area contributed by atoms with Crippen LogP contribution in [0.15, 0.2) is 0 Å². The molecular formula is C14H23NO6. The number of likely N-dealkylation sites (tertiary alicyclic amines) is 1. The molecule has 120 valence electrons. The van der Waals surface area contributed by atoms with Crippen LogP contribution in [0.25, 0.3) is 0 Å². The molecule has 2 atom stereocenters. The van der Waals surface area contributed by atoms with Gasteiger partial charge in [0.15, 0.2) is 0 Å². The number of amides is 1. The topological polar surface area (TPSA) is 93.1 Å². The van der Waals surface area contributed by atoms with Crippen molar-refractivity contribution in [3.05, 3.63) is 0 Å². The Morgan fingerprint density at radius 2 is 1.86 bits per heavy atom. The molecule has 21 heavy (non-hydrogen) atoms. The number of carbonyl (C=O) groups excluding carboxylic acids is 3. The van der Waals surface area contributed by atoms with Crippen LogP contribution in [-0.2, 0) is 23.9 Å². The highest BCUT2D eigenvalue weighted by atomic mass is 16.6. The van der Waals surface area contributed by atoms with E-state index >= 15 is 0 Å². The predicted molar refractivity (Wildman–Crippen MR) is 73.2 cm³/mol. The number of carbonyl (C=O) groups is 3. The molecule has 1 saturated heterocycles. The smallest absolute Gasteiger partial charge is 0.328 e. The summed E-state index contributed by atoms with van der Waals surface area (Å²) >= 11 is 0. The number of aliphatic hydroxyl groups excluding tert-OH is 1. The molecule has 1 heterocycles. The summed E-state index contributed by atoms with van der Waals surface area (Å²) in [5.41, 5.74) is -0.599. The number of rotatable bonds is 4. The van der Waals surface area contributed by atoms with Crippen molar-refractivity contribution in [1.29, 1.82) is 0 Å². The van der Waals surface area contributed by atoms with E-state index in [4.69, 9.17) is 4.74 Å². The summed E-state index contributed by atoms with van der Waals surface area (Å²) in [5.74, 6) is -1.39. The fourth-order valence-electron chi connectivity index (χ4n) is 2.19. The molecule has 0 spiro atoms. The van der Waals surface area contributed by atoms with Gasteiger partial charge >= 0.3 is 11.9 Å². The van der Waals surface area contributed by atoms with Crippen LogP contribution in [0.5, 0.6) is 0 Å². The van der Waals surface area contributed by atoms with Crippen molar-refractivity contribution in [2.45, 2.75) is 57.8 Å². The molecule has 1 aliphatic heterocycles. The van der Waals surface area contributed by atoms with E-state index in [0.29, 0.717) is 0 Å². The molecule has 7 nitrogen and oxygen atoms in total.